The Hall–Kier alpha value is -3.59. The van der Waals surface area contributed by atoms with E-state index in [1.54, 1.807) is 17.5 Å². The smallest absolute Gasteiger partial charge is 0.255 e. The number of hydrogen-bond donors (Lipinski definition) is 0. The van der Waals surface area contributed by atoms with Crippen LogP contribution in [0.4, 0.5) is 0 Å². The minimum Gasteiger partial charge on any atom is -0.328 e. The second-order valence-electron chi connectivity index (χ2n) is 8.60. The van der Waals surface area contributed by atoms with Gasteiger partial charge in [-0.1, -0.05) is 12.1 Å². The summed E-state index contributed by atoms with van der Waals surface area (Å²) in [6.45, 7) is 4.82. The molecule has 1 aliphatic heterocycles. The molecule has 5 aromatic rings. The van der Waals surface area contributed by atoms with Gasteiger partial charge in [0.1, 0.15) is 0 Å². The average molecular weight is 458 g/mol. The Balaban J connectivity index is 1.47. The molecule has 166 valence electrons. The number of aromatic nitrogens is 6. The second-order valence-corrected chi connectivity index (χ2v) is 9.54. The highest BCUT2D eigenvalue weighted by atomic mass is 32.1. The van der Waals surface area contributed by atoms with Gasteiger partial charge >= 0.3 is 0 Å². The number of rotatable bonds is 4. The molecule has 1 atom stereocenters. The lowest BCUT2D eigenvalue weighted by Crippen LogP contribution is -2.31. The first-order valence-corrected chi connectivity index (χ1v) is 12.0. The molecule has 0 aromatic carbocycles. The van der Waals surface area contributed by atoms with Crippen LogP contribution in [0.1, 0.15) is 55.0 Å². The molecule has 8 nitrogen and oxygen atoms in total. The number of amides is 1. The molecule has 33 heavy (non-hydrogen) atoms. The first kappa shape index (κ1) is 20.0. The maximum atomic E-state index is 14.0. The summed E-state index contributed by atoms with van der Waals surface area (Å²) in [4.78, 5) is 21.9. The summed E-state index contributed by atoms with van der Waals surface area (Å²) in [7, 11) is 0. The SMILES string of the molecule is CC(C)n1ncc2c(C(=O)N3CCC[C@@H]3c3nnc4ccccn34)cc(-c3cccs3)nc21. The Kier molecular flexibility index (Phi) is 4.72. The van der Waals surface area contributed by atoms with Crippen LogP contribution in [-0.2, 0) is 0 Å². The molecule has 0 spiro atoms. The first-order chi connectivity index (χ1) is 16.1. The van der Waals surface area contributed by atoms with Crippen molar-refractivity contribution >= 4 is 33.9 Å². The molecule has 6 heterocycles. The van der Waals surface area contributed by atoms with Crippen molar-refractivity contribution in [1.82, 2.24) is 34.3 Å². The fraction of sp³-hybridized carbons (Fsp3) is 0.292. The van der Waals surface area contributed by atoms with Crippen LogP contribution in [0.25, 0.3) is 27.3 Å². The van der Waals surface area contributed by atoms with Gasteiger partial charge in [-0.15, -0.1) is 21.5 Å². The zero-order valence-electron chi connectivity index (χ0n) is 18.4. The van der Waals surface area contributed by atoms with Gasteiger partial charge in [-0.3, -0.25) is 9.20 Å². The summed E-state index contributed by atoms with van der Waals surface area (Å²) in [5.74, 6) is 0.789. The summed E-state index contributed by atoms with van der Waals surface area (Å²) in [6.07, 6.45) is 5.51. The number of hydrogen-bond acceptors (Lipinski definition) is 6. The van der Waals surface area contributed by atoms with E-state index in [0.29, 0.717) is 12.1 Å². The van der Waals surface area contributed by atoms with Crippen molar-refractivity contribution in [2.75, 3.05) is 6.54 Å². The lowest BCUT2D eigenvalue weighted by Gasteiger charge is -2.24. The van der Waals surface area contributed by atoms with Gasteiger partial charge in [0.05, 0.1) is 33.8 Å². The third-order valence-corrected chi connectivity index (χ3v) is 7.10. The molecule has 9 heteroatoms. The van der Waals surface area contributed by atoms with Gasteiger partial charge < -0.3 is 4.90 Å². The van der Waals surface area contributed by atoms with Crippen molar-refractivity contribution in [3.63, 3.8) is 0 Å². The zero-order valence-corrected chi connectivity index (χ0v) is 19.2. The van der Waals surface area contributed by atoms with Crippen molar-refractivity contribution in [2.45, 2.75) is 38.8 Å². The van der Waals surface area contributed by atoms with Crippen LogP contribution in [0.5, 0.6) is 0 Å². The summed E-state index contributed by atoms with van der Waals surface area (Å²) in [6, 6.07) is 11.8. The largest absolute Gasteiger partial charge is 0.328 e. The maximum absolute atomic E-state index is 14.0. The van der Waals surface area contributed by atoms with Crippen molar-refractivity contribution in [3.05, 3.63) is 65.6 Å². The highest BCUT2D eigenvalue weighted by Crippen LogP contribution is 2.35. The van der Waals surface area contributed by atoms with Crippen LogP contribution < -0.4 is 0 Å². The van der Waals surface area contributed by atoms with E-state index in [9.17, 15) is 4.79 Å². The topological polar surface area (TPSA) is 81.2 Å². The van der Waals surface area contributed by atoms with Gasteiger partial charge in [-0.25, -0.2) is 9.67 Å². The molecular weight excluding hydrogens is 434 g/mol. The van der Waals surface area contributed by atoms with Gasteiger partial charge in [0.25, 0.3) is 5.91 Å². The van der Waals surface area contributed by atoms with E-state index in [1.807, 2.05) is 62.0 Å². The highest BCUT2D eigenvalue weighted by molar-refractivity contribution is 7.13. The number of pyridine rings is 2. The number of nitrogens with zero attached hydrogens (tertiary/aromatic N) is 7. The Morgan fingerprint density at radius 2 is 2.09 bits per heavy atom. The van der Waals surface area contributed by atoms with Crippen molar-refractivity contribution in [2.24, 2.45) is 0 Å². The van der Waals surface area contributed by atoms with Crippen molar-refractivity contribution in [3.8, 4) is 10.6 Å². The summed E-state index contributed by atoms with van der Waals surface area (Å²) in [5, 5.41) is 16.1. The molecular formula is C24H23N7OS. The number of thiophene rings is 1. The Labute approximate surface area is 194 Å². The number of carbonyl (C=O) groups is 1. The summed E-state index contributed by atoms with van der Waals surface area (Å²) < 4.78 is 3.86. The molecule has 1 saturated heterocycles. The number of carbonyl (C=O) groups excluding carboxylic acids is 1. The van der Waals surface area contributed by atoms with E-state index >= 15 is 0 Å². The Morgan fingerprint density at radius 1 is 1.18 bits per heavy atom. The van der Waals surface area contributed by atoms with Gasteiger partial charge in [0.2, 0.25) is 0 Å². The van der Waals surface area contributed by atoms with Gasteiger partial charge in [0.15, 0.2) is 17.1 Å². The molecule has 0 radical (unpaired) electrons. The third kappa shape index (κ3) is 3.22. The predicted octanol–water partition coefficient (Wildman–Crippen LogP) is 4.76. The molecule has 0 bridgehead atoms. The van der Waals surface area contributed by atoms with Crippen molar-refractivity contribution < 1.29 is 4.79 Å². The van der Waals surface area contributed by atoms with Crippen LogP contribution in [-0.4, -0.2) is 46.7 Å². The second kappa shape index (κ2) is 7.77. The molecule has 0 unspecified atom stereocenters. The van der Waals surface area contributed by atoms with Crippen LogP contribution >= 0.6 is 11.3 Å². The maximum Gasteiger partial charge on any atom is 0.255 e. The van der Waals surface area contributed by atoms with E-state index in [4.69, 9.17) is 4.98 Å². The molecule has 5 aromatic heterocycles. The molecule has 1 amide bonds. The van der Waals surface area contributed by atoms with Crippen LogP contribution in [0.2, 0.25) is 0 Å². The van der Waals surface area contributed by atoms with E-state index in [-0.39, 0.29) is 18.0 Å². The van der Waals surface area contributed by atoms with Gasteiger partial charge in [-0.2, -0.15) is 5.10 Å². The lowest BCUT2D eigenvalue weighted by molar-refractivity contribution is 0.0731. The number of likely N-dealkylation sites (tertiary alicyclic amines) is 1. The first-order valence-electron chi connectivity index (χ1n) is 11.1. The van der Waals surface area contributed by atoms with Gasteiger partial charge in [-0.05, 0) is 56.3 Å². The van der Waals surface area contributed by atoms with Crippen LogP contribution in [0.3, 0.4) is 0 Å². The van der Waals surface area contributed by atoms with E-state index in [2.05, 4.69) is 29.1 Å². The highest BCUT2D eigenvalue weighted by Gasteiger charge is 2.35. The Morgan fingerprint density at radius 3 is 2.91 bits per heavy atom. The minimum absolute atomic E-state index is 0.0151. The molecule has 0 aliphatic carbocycles. The average Bonchev–Trinajstić information content (AvgIpc) is 3.62. The fourth-order valence-corrected chi connectivity index (χ4v) is 5.33. The normalized spacial score (nSPS) is 16.5. The summed E-state index contributed by atoms with van der Waals surface area (Å²) in [5.41, 5.74) is 2.96. The molecule has 1 aliphatic rings. The predicted molar refractivity (Wildman–Crippen MR) is 127 cm³/mol. The summed E-state index contributed by atoms with van der Waals surface area (Å²) >= 11 is 1.62. The van der Waals surface area contributed by atoms with Gasteiger partial charge in [0, 0.05) is 18.8 Å². The monoisotopic (exact) mass is 457 g/mol. The molecule has 1 fully saturated rings. The Bertz CT molecular complexity index is 1470. The zero-order chi connectivity index (χ0) is 22.5. The molecule has 6 rings (SSSR count). The van der Waals surface area contributed by atoms with Crippen LogP contribution in [0.15, 0.2) is 54.2 Å². The minimum atomic E-state index is -0.122. The molecule has 0 N–H and O–H groups in total. The third-order valence-electron chi connectivity index (χ3n) is 6.21. The lowest BCUT2D eigenvalue weighted by atomic mass is 10.1. The fourth-order valence-electron chi connectivity index (χ4n) is 4.64. The standard InChI is InChI=1S/C24H23N7OS/c1-15(2)31-22-17(14-25-31)16(13-18(26-22)20-8-6-12-33-20)24(32)29-11-5-7-19(29)23-28-27-21-9-3-4-10-30(21)23/h3-4,6,8-10,12-15,19H,5,7,11H2,1-2H3/t19-/m1/s1. The van der Waals surface area contributed by atoms with Crippen molar-refractivity contribution in [1.29, 1.82) is 0 Å². The van der Waals surface area contributed by atoms with E-state index in [0.717, 1.165) is 45.9 Å². The van der Waals surface area contributed by atoms with Crippen LogP contribution in [0, 0.1) is 0 Å². The van der Waals surface area contributed by atoms with E-state index in [1.165, 1.54) is 0 Å². The van der Waals surface area contributed by atoms with E-state index < -0.39 is 0 Å². The number of fused-ring (bicyclic) bond motifs is 2. The molecule has 0 saturated carbocycles. The quantitative estimate of drug-likeness (QED) is 0.389.